The molecule has 0 fully saturated rings. The molecule has 2 aliphatic rings. The number of hydrogen-bond donors (Lipinski definition) is 1. The average Bonchev–Trinajstić information content (AvgIpc) is 3.27. The lowest BCUT2D eigenvalue weighted by Crippen LogP contribution is -2.30. The molecule has 1 heterocycles. The van der Waals surface area contributed by atoms with E-state index in [4.69, 9.17) is 4.74 Å². The molecule has 8 rings (SSSR count). The lowest BCUT2D eigenvalue weighted by atomic mass is 9.71. The predicted octanol–water partition coefficient (Wildman–Crippen LogP) is 9.42. The van der Waals surface area contributed by atoms with Crippen LogP contribution in [0.5, 0.6) is 5.75 Å². The first-order valence-electron chi connectivity index (χ1n) is 14.9. The summed E-state index contributed by atoms with van der Waals surface area (Å²) in [5, 5.41) is 15.5. The van der Waals surface area contributed by atoms with Crippen LogP contribution in [0, 0.1) is 0 Å². The van der Waals surface area contributed by atoms with E-state index in [1.54, 1.807) is 7.11 Å². The molecule has 4 nitrogen and oxygen atoms in total. The number of fused-ring (bicyclic) bond motifs is 6. The van der Waals surface area contributed by atoms with Crippen LogP contribution in [0.4, 0.5) is 17.1 Å². The van der Waals surface area contributed by atoms with Gasteiger partial charge in [0, 0.05) is 28.3 Å². The molecule has 4 heteroatoms. The van der Waals surface area contributed by atoms with Gasteiger partial charge in [0.05, 0.1) is 18.5 Å². The van der Waals surface area contributed by atoms with Gasteiger partial charge in [-0.3, -0.25) is 4.79 Å². The number of ketones is 1. The van der Waals surface area contributed by atoms with E-state index in [0.717, 1.165) is 49.9 Å². The van der Waals surface area contributed by atoms with E-state index in [0.29, 0.717) is 16.7 Å². The van der Waals surface area contributed by atoms with Crippen LogP contribution >= 0.6 is 0 Å². The molecule has 214 valence electrons. The highest BCUT2D eigenvalue weighted by Gasteiger charge is 2.38. The molecule has 6 aromatic carbocycles. The van der Waals surface area contributed by atoms with E-state index >= 15 is 0 Å². The summed E-state index contributed by atoms with van der Waals surface area (Å²) >= 11 is 0. The number of carbonyl (C=O) groups is 1. The van der Waals surface area contributed by atoms with Crippen molar-refractivity contribution in [3.63, 3.8) is 0 Å². The fraction of sp³-hybridized carbons (Fsp3) is 0.125. The standard InChI is InChI=1S/C40H31NO3/c1-40(2)34-13-6-7-14-35(34)41(28-11-8-12-29(23-28)44-3)36-18-16-27-19-24(15-17-30(27)37(36)40)20-33-38(42)31-21-25-9-4-5-10-26(25)22-32(31)39(33)43/h4-23,38,42H,1-3H3/b33-20-. The molecular formula is C40H31NO3. The number of aliphatic hydroxyl groups is 1. The van der Waals surface area contributed by atoms with Crippen molar-refractivity contribution in [2.24, 2.45) is 0 Å². The molecule has 0 aromatic heterocycles. The summed E-state index contributed by atoms with van der Waals surface area (Å²) in [4.78, 5) is 15.8. The summed E-state index contributed by atoms with van der Waals surface area (Å²) in [6, 6.07) is 39.2. The molecule has 0 saturated heterocycles. The van der Waals surface area contributed by atoms with Crippen LogP contribution in [-0.2, 0) is 5.41 Å². The Labute approximate surface area is 256 Å². The average molecular weight is 574 g/mol. The summed E-state index contributed by atoms with van der Waals surface area (Å²) in [5.41, 5.74) is 8.09. The fourth-order valence-electron chi connectivity index (χ4n) is 7.21. The van der Waals surface area contributed by atoms with Crippen LogP contribution in [0.2, 0.25) is 0 Å². The van der Waals surface area contributed by atoms with Gasteiger partial charge >= 0.3 is 0 Å². The van der Waals surface area contributed by atoms with Gasteiger partial charge in [0.15, 0.2) is 5.78 Å². The molecular weight excluding hydrogens is 542 g/mol. The van der Waals surface area contributed by atoms with Crippen LogP contribution in [-0.4, -0.2) is 18.0 Å². The van der Waals surface area contributed by atoms with Gasteiger partial charge in [-0.25, -0.2) is 0 Å². The van der Waals surface area contributed by atoms with Crippen molar-refractivity contribution >= 4 is 50.5 Å². The van der Waals surface area contributed by atoms with Crippen LogP contribution in [0.3, 0.4) is 0 Å². The maximum absolute atomic E-state index is 13.5. The largest absolute Gasteiger partial charge is 0.497 e. The second-order valence-electron chi connectivity index (χ2n) is 12.2. The van der Waals surface area contributed by atoms with E-state index in [1.165, 1.54) is 11.1 Å². The number of hydrogen-bond acceptors (Lipinski definition) is 4. The highest BCUT2D eigenvalue weighted by atomic mass is 16.5. The molecule has 0 amide bonds. The number of nitrogens with zero attached hydrogens (tertiary/aromatic N) is 1. The molecule has 0 radical (unpaired) electrons. The third-order valence-electron chi connectivity index (χ3n) is 9.35. The number of carbonyl (C=O) groups excluding carboxylic acids is 1. The predicted molar refractivity (Wildman–Crippen MR) is 179 cm³/mol. The second-order valence-corrected chi connectivity index (χ2v) is 12.2. The molecule has 0 bridgehead atoms. The molecule has 1 aliphatic heterocycles. The Morgan fingerprint density at radius 2 is 1.55 bits per heavy atom. The van der Waals surface area contributed by atoms with Gasteiger partial charge in [-0.2, -0.15) is 0 Å². The molecule has 1 N–H and O–H groups in total. The van der Waals surface area contributed by atoms with Crippen molar-refractivity contribution in [2.75, 3.05) is 12.0 Å². The quantitative estimate of drug-likeness (QED) is 0.214. The number of rotatable bonds is 3. The van der Waals surface area contributed by atoms with Crippen LogP contribution < -0.4 is 9.64 Å². The molecule has 1 unspecified atom stereocenters. The maximum Gasteiger partial charge on any atom is 0.192 e. The van der Waals surface area contributed by atoms with Crippen LogP contribution in [0.25, 0.3) is 27.6 Å². The first kappa shape index (κ1) is 26.4. The monoisotopic (exact) mass is 573 g/mol. The van der Waals surface area contributed by atoms with Crippen molar-refractivity contribution in [3.05, 3.63) is 149 Å². The highest BCUT2D eigenvalue weighted by Crippen LogP contribution is 2.54. The highest BCUT2D eigenvalue weighted by molar-refractivity contribution is 6.18. The molecule has 0 saturated carbocycles. The van der Waals surface area contributed by atoms with E-state index in [1.807, 2.05) is 54.6 Å². The van der Waals surface area contributed by atoms with Gasteiger partial charge in [-0.1, -0.05) is 80.6 Å². The van der Waals surface area contributed by atoms with Gasteiger partial charge in [0.2, 0.25) is 0 Å². The summed E-state index contributed by atoms with van der Waals surface area (Å²) in [7, 11) is 1.69. The van der Waals surface area contributed by atoms with E-state index in [-0.39, 0.29) is 11.2 Å². The Kier molecular flexibility index (Phi) is 5.81. The fourth-order valence-corrected chi connectivity index (χ4v) is 7.21. The topological polar surface area (TPSA) is 49.8 Å². The van der Waals surface area contributed by atoms with Gasteiger partial charge in [-0.05, 0) is 92.3 Å². The van der Waals surface area contributed by atoms with Crippen molar-refractivity contribution in [1.82, 2.24) is 0 Å². The normalized spacial score (nSPS) is 17.5. The SMILES string of the molecule is COc1cccc(N2c3ccccc3C(C)(C)c3c2ccc2cc(/C=C4\C(=O)c5cc6ccccc6cc5C4O)ccc32)c1. The lowest BCUT2D eigenvalue weighted by Gasteiger charge is -2.42. The molecule has 1 atom stereocenters. The summed E-state index contributed by atoms with van der Waals surface area (Å²) in [6.45, 7) is 4.58. The minimum Gasteiger partial charge on any atom is -0.497 e. The Hall–Kier alpha value is -5.19. The molecule has 44 heavy (non-hydrogen) atoms. The minimum absolute atomic E-state index is 0.115. The number of methoxy groups -OCH3 is 1. The summed E-state index contributed by atoms with van der Waals surface area (Å²) in [5.74, 6) is 0.694. The smallest absolute Gasteiger partial charge is 0.192 e. The Morgan fingerprint density at radius 1 is 0.773 bits per heavy atom. The van der Waals surface area contributed by atoms with Crippen molar-refractivity contribution in [3.8, 4) is 5.75 Å². The van der Waals surface area contributed by atoms with Gasteiger partial charge in [-0.15, -0.1) is 0 Å². The van der Waals surface area contributed by atoms with Crippen molar-refractivity contribution in [2.45, 2.75) is 25.4 Å². The zero-order valence-corrected chi connectivity index (χ0v) is 24.8. The Bertz CT molecular complexity index is 2190. The van der Waals surface area contributed by atoms with Crippen molar-refractivity contribution < 1.29 is 14.6 Å². The first-order chi connectivity index (χ1) is 21.3. The summed E-state index contributed by atoms with van der Waals surface area (Å²) in [6.07, 6.45) is 0.896. The van der Waals surface area contributed by atoms with E-state index in [9.17, 15) is 9.90 Å². The zero-order chi connectivity index (χ0) is 30.2. The lowest BCUT2D eigenvalue weighted by molar-refractivity contribution is 0.102. The van der Waals surface area contributed by atoms with Gasteiger partial charge in [0.25, 0.3) is 0 Å². The number of aliphatic hydroxyl groups excluding tert-OH is 1. The van der Waals surface area contributed by atoms with E-state index in [2.05, 4.69) is 85.5 Å². The molecule has 0 spiro atoms. The third kappa shape index (κ3) is 3.84. The molecule has 6 aromatic rings. The van der Waals surface area contributed by atoms with Gasteiger partial charge < -0.3 is 14.7 Å². The first-order valence-corrected chi connectivity index (χ1v) is 14.9. The Balaban J connectivity index is 1.26. The minimum atomic E-state index is -0.951. The van der Waals surface area contributed by atoms with Crippen molar-refractivity contribution in [1.29, 1.82) is 0 Å². The van der Waals surface area contributed by atoms with Gasteiger partial charge in [0.1, 0.15) is 11.9 Å². The van der Waals surface area contributed by atoms with Crippen LogP contribution in [0.1, 0.15) is 52.6 Å². The second kappa shape index (κ2) is 9.66. The third-order valence-corrected chi connectivity index (χ3v) is 9.35. The molecule has 1 aliphatic carbocycles. The zero-order valence-electron chi connectivity index (χ0n) is 24.8. The maximum atomic E-state index is 13.5. The number of para-hydroxylation sites is 1. The summed E-state index contributed by atoms with van der Waals surface area (Å²) < 4.78 is 5.58. The van der Waals surface area contributed by atoms with Crippen LogP contribution in [0.15, 0.2) is 121 Å². The number of Topliss-reactive ketones (excluding diaryl/α,β-unsaturated/α-hetero) is 1. The van der Waals surface area contributed by atoms with E-state index < -0.39 is 6.10 Å². The number of anilines is 3. The number of benzene rings is 6. The number of ether oxygens (including phenoxy) is 1. The Morgan fingerprint density at radius 3 is 2.36 bits per heavy atom.